The number of carbonyl (C=O) groups excluding carboxylic acids is 2. The van der Waals surface area contributed by atoms with Gasteiger partial charge in [-0.3, -0.25) is 18.7 Å². The zero-order chi connectivity index (χ0) is 24.9. The summed E-state index contributed by atoms with van der Waals surface area (Å²) in [7, 11) is 3.40. The highest BCUT2D eigenvalue weighted by molar-refractivity contribution is 6.36. The Morgan fingerprint density at radius 3 is 2.26 bits per heavy atom. The minimum Gasteiger partial charge on any atom is -0.295 e. The number of imide groups is 1. The summed E-state index contributed by atoms with van der Waals surface area (Å²) in [5.41, 5.74) is 4.26. The van der Waals surface area contributed by atoms with Crippen LogP contribution in [-0.4, -0.2) is 20.9 Å². The number of carbonyl (C=O) groups is 2. The van der Waals surface area contributed by atoms with Gasteiger partial charge in [-0.1, -0.05) is 43.7 Å². The van der Waals surface area contributed by atoms with Crippen LogP contribution in [0.2, 0.25) is 0 Å². The second-order valence-electron chi connectivity index (χ2n) is 9.12. The van der Waals surface area contributed by atoms with Crippen LogP contribution in [0.4, 0.5) is 5.69 Å². The van der Waals surface area contributed by atoms with Gasteiger partial charge in [-0.15, -0.1) is 0 Å². The first kappa shape index (κ1) is 22.7. The zero-order valence-corrected chi connectivity index (χ0v) is 20.4. The molecule has 0 fully saturated rings. The number of imidazole rings is 1. The van der Waals surface area contributed by atoms with E-state index in [2.05, 4.69) is 18.8 Å². The van der Waals surface area contributed by atoms with E-state index in [0.29, 0.717) is 27.7 Å². The molecule has 4 aromatic rings. The van der Waals surface area contributed by atoms with E-state index in [4.69, 9.17) is 0 Å². The molecule has 1 aliphatic heterocycles. The molecule has 0 atom stereocenters. The number of rotatable bonds is 4. The van der Waals surface area contributed by atoms with Crippen molar-refractivity contribution in [1.82, 2.24) is 9.13 Å². The molecule has 0 saturated carbocycles. The lowest BCUT2D eigenvalue weighted by atomic mass is 9.90. The van der Waals surface area contributed by atoms with E-state index in [1.165, 1.54) is 9.47 Å². The number of amides is 2. The van der Waals surface area contributed by atoms with Crippen molar-refractivity contribution in [3.05, 3.63) is 75.2 Å². The van der Waals surface area contributed by atoms with Gasteiger partial charge in [0.05, 0.1) is 16.7 Å². The summed E-state index contributed by atoms with van der Waals surface area (Å²) in [6.45, 7) is 4.01. The normalized spacial score (nSPS) is 13.0. The minimum absolute atomic E-state index is 0.161. The monoisotopic (exact) mass is 465 g/mol. The molecule has 2 heterocycles. The molecular weight excluding hydrogens is 438 g/mol. The molecule has 176 valence electrons. The Morgan fingerprint density at radius 2 is 1.54 bits per heavy atom. The topological polar surface area (TPSA) is 64.3 Å². The third-order valence-electron chi connectivity index (χ3n) is 6.87. The molecule has 6 nitrogen and oxygen atoms in total. The number of benzene rings is 3. The predicted octanol–water partition coefficient (Wildman–Crippen LogP) is 5.07. The van der Waals surface area contributed by atoms with Crippen LogP contribution in [-0.2, 0) is 14.1 Å². The Kier molecular flexibility index (Phi) is 5.56. The Labute approximate surface area is 203 Å². The molecule has 35 heavy (non-hydrogen) atoms. The van der Waals surface area contributed by atoms with Crippen molar-refractivity contribution in [3.63, 3.8) is 0 Å². The van der Waals surface area contributed by atoms with Gasteiger partial charge in [0.25, 0.3) is 11.8 Å². The van der Waals surface area contributed by atoms with Crippen LogP contribution in [0.3, 0.4) is 0 Å². The molecule has 1 aromatic heterocycles. The van der Waals surface area contributed by atoms with Crippen molar-refractivity contribution >= 4 is 39.3 Å². The number of hydrogen-bond acceptors (Lipinski definition) is 3. The second-order valence-corrected chi connectivity index (χ2v) is 9.12. The van der Waals surface area contributed by atoms with Crippen molar-refractivity contribution < 1.29 is 9.59 Å². The van der Waals surface area contributed by atoms with Gasteiger partial charge in [-0.25, -0.2) is 9.69 Å². The van der Waals surface area contributed by atoms with E-state index in [1.54, 1.807) is 36.9 Å². The maximum Gasteiger partial charge on any atom is 0.328 e. The number of aromatic nitrogens is 2. The van der Waals surface area contributed by atoms with Gasteiger partial charge in [0.15, 0.2) is 0 Å². The number of fused-ring (bicyclic) bond motifs is 1. The maximum atomic E-state index is 13.7. The third-order valence-corrected chi connectivity index (χ3v) is 6.87. The van der Waals surface area contributed by atoms with Crippen LogP contribution in [0.1, 0.15) is 64.4 Å². The van der Waals surface area contributed by atoms with E-state index in [-0.39, 0.29) is 17.5 Å². The average molecular weight is 466 g/mol. The van der Waals surface area contributed by atoms with Crippen LogP contribution < -0.4 is 10.6 Å². The Hall–Kier alpha value is -4.11. The van der Waals surface area contributed by atoms with Gasteiger partial charge in [-0.05, 0) is 54.6 Å². The summed E-state index contributed by atoms with van der Waals surface area (Å²) in [6, 6.07) is 12.8. The standard InChI is InChI=1S/C29H27N3O3/c1-5-6-7-8-9-11-19-14-15-22-26-20(19)12-10-13-21(26)27(33)32(28(22)34)23-17-25-24(16-18(23)2)30(3)29(35)31(25)4/h10,12-17H,5-8H2,1-4H3. The number of hydrogen-bond donors (Lipinski definition) is 0. The number of unbranched alkanes of at least 4 members (excludes halogenated alkanes) is 3. The highest BCUT2D eigenvalue weighted by Crippen LogP contribution is 2.36. The summed E-state index contributed by atoms with van der Waals surface area (Å²) in [5.74, 6) is 5.74. The number of nitrogens with zero attached hydrogens (tertiary/aromatic N) is 3. The van der Waals surface area contributed by atoms with E-state index in [0.717, 1.165) is 47.7 Å². The average Bonchev–Trinajstić information content (AvgIpc) is 3.06. The van der Waals surface area contributed by atoms with E-state index >= 15 is 0 Å². The van der Waals surface area contributed by atoms with E-state index in [1.807, 2.05) is 31.2 Å². The number of aryl methyl sites for hydroxylation is 3. The molecule has 0 saturated heterocycles. The lowest BCUT2D eigenvalue weighted by Crippen LogP contribution is -2.41. The van der Waals surface area contributed by atoms with Crippen LogP contribution in [0.25, 0.3) is 21.8 Å². The molecule has 0 unspecified atom stereocenters. The van der Waals surface area contributed by atoms with E-state index < -0.39 is 0 Å². The fraction of sp³-hybridized carbons (Fsp3) is 0.276. The second kappa shape index (κ2) is 8.59. The first-order chi connectivity index (χ1) is 16.8. The fourth-order valence-corrected chi connectivity index (χ4v) is 4.92. The van der Waals surface area contributed by atoms with Gasteiger partial charge in [0, 0.05) is 42.6 Å². The van der Waals surface area contributed by atoms with E-state index in [9.17, 15) is 14.4 Å². The molecule has 6 heteroatoms. The van der Waals surface area contributed by atoms with Crippen LogP contribution in [0.5, 0.6) is 0 Å². The first-order valence-electron chi connectivity index (χ1n) is 11.9. The lowest BCUT2D eigenvalue weighted by Gasteiger charge is -2.28. The summed E-state index contributed by atoms with van der Waals surface area (Å²) in [4.78, 5) is 41.1. The van der Waals surface area contributed by atoms with Gasteiger partial charge in [0.2, 0.25) is 0 Å². The maximum absolute atomic E-state index is 13.7. The largest absolute Gasteiger partial charge is 0.328 e. The van der Waals surface area contributed by atoms with Crippen molar-refractivity contribution in [2.45, 2.75) is 39.5 Å². The molecule has 0 bridgehead atoms. The summed E-state index contributed by atoms with van der Waals surface area (Å²) < 4.78 is 3.09. The van der Waals surface area contributed by atoms with Gasteiger partial charge >= 0.3 is 5.69 Å². The molecule has 1 aliphatic rings. The lowest BCUT2D eigenvalue weighted by molar-refractivity contribution is 0.0893. The van der Waals surface area contributed by atoms with Gasteiger partial charge in [0.1, 0.15) is 0 Å². The first-order valence-corrected chi connectivity index (χ1v) is 11.9. The highest BCUT2D eigenvalue weighted by atomic mass is 16.2. The van der Waals surface area contributed by atoms with Crippen LogP contribution >= 0.6 is 0 Å². The molecule has 0 aliphatic carbocycles. The molecule has 2 amide bonds. The summed E-state index contributed by atoms with van der Waals surface area (Å²) in [5, 5.41) is 1.48. The van der Waals surface area contributed by atoms with Crippen molar-refractivity contribution in [2.75, 3.05) is 4.90 Å². The predicted molar refractivity (Wildman–Crippen MR) is 139 cm³/mol. The summed E-state index contributed by atoms with van der Waals surface area (Å²) >= 11 is 0. The minimum atomic E-state index is -0.371. The molecule has 5 rings (SSSR count). The van der Waals surface area contributed by atoms with Crippen LogP contribution in [0.15, 0.2) is 47.3 Å². The Balaban J connectivity index is 1.64. The Bertz CT molecular complexity index is 1640. The third kappa shape index (κ3) is 3.47. The SMILES string of the molecule is CCCCCC#Cc1ccc2c3c(cccc13)C(=O)N(c1cc3c(cc1C)n(C)c(=O)n3C)C2=O. The molecule has 0 N–H and O–H groups in total. The molecular formula is C29H27N3O3. The van der Waals surface area contributed by atoms with Crippen molar-refractivity contribution in [2.24, 2.45) is 14.1 Å². The smallest absolute Gasteiger partial charge is 0.295 e. The quantitative estimate of drug-likeness (QED) is 0.240. The molecule has 0 spiro atoms. The number of anilines is 1. The van der Waals surface area contributed by atoms with Crippen LogP contribution in [0, 0.1) is 18.8 Å². The van der Waals surface area contributed by atoms with Crippen molar-refractivity contribution in [1.29, 1.82) is 0 Å². The zero-order valence-electron chi connectivity index (χ0n) is 20.4. The Morgan fingerprint density at radius 1 is 0.857 bits per heavy atom. The summed E-state index contributed by atoms with van der Waals surface area (Å²) in [6.07, 6.45) is 4.19. The van der Waals surface area contributed by atoms with Gasteiger partial charge in [-0.2, -0.15) is 0 Å². The highest BCUT2D eigenvalue weighted by Gasteiger charge is 2.35. The molecule has 3 aromatic carbocycles. The molecule has 0 radical (unpaired) electrons. The van der Waals surface area contributed by atoms with Gasteiger partial charge < -0.3 is 0 Å². The fourth-order valence-electron chi connectivity index (χ4n) is 4.92. The van der Waals surface area contributed by atoms with Crippen molar-refractivity contribution in [3.8, 4) is 11.8 Å².